The molecule has 1 amide bonds. The summed E-state index contributed by atoms with van der Waals surface area (Å²) in [4.78, 5) is 16.2. The molecule has 0 saturated heterocycles. The van der Waals surface area contributed by atoms with Crippen molar-refractivity contribution in [1.82, 2.24) is 10.1 Å². The van der Waals surface area contributed by atoms with E-state index in [9.17, 15) is 4.79 Å². The van der Waals surface area contributed by atoms with Gasteiger partial charge in [-0.3, -0.25) is 4.79 Å². The molecule has 5 nitrogen and oxygen atoms in total. The van der Waals surface area contributed by atoms with E-state index < -0.39 is 0 Å². The molecule has 1 N–H and O–H groups in total. The Morgan fingerprint density at radius 3 is 2.84 bits per heavy atom. The van der Waals surface area contributed by atoms with E-state index >= 15 is 0 Å². The third-order valence-corrected chi connectivity index (χ3v) is 4.98. The lowest BCUT2D eigenvalue weighted by atomic mass is 9.94. The summed E-state index contributed by atoms with van der Waals surface area (Å²) >= 11 is 0. The van der Waals surface area contributed by atoms with Crippen molar-refractivity contribution in [2.75, 3.05) is 5.32 Å². The number of rotatable bonds is 3. The third kappa shape index (κ3) is 2.43. The van der Waals surface area contributed by atoms with Crippen LogP contribution in [0.4, 0.5) is 5.69 Å². The number of anilines is 1. The Balaban J connectivity index is 1.56. The first-order valence-corrected chi connectivity index (χ1v) is 8.56. The zero-order valence-corrected chi connectivity index (χ0v) is 13.9. The SMILES string of the molecule is Cc1c(-c2ccc3c(c2)CC(=O)N3)cccc1-c1noc(C2CC2)n1. The van der Waals surface area contributed by atoms with E-state index in [1.54, 1.807) is 0 Å². The molecular formula is C20H17N3O2. The van der Waals surface area contributed by atoms with E-state index in [0.29, 0.717) is 18.2 Å². The summed E-state index contributed by atoms with van der Waals surface area (Å²) in [5, 5.41) is 7.05. The zero-order chi connectivity index (χ0) is 17.0. The van der Waals surface area contributed by atoms with Crippen molar-refractivity contribution in [3.05, 3.63) is 53.4 Å². The van der Waals surface area contributed by atoms with Gasteiger partial charge in [-0.1, -0.05) is 29.4 Å². The molecule has 0 unspecified atom stereocenters. The fraction of sp³-hybridized carbons (Fsp3) is 0.250. The minimum Gasteiger partial charge on any atom is -0.339 e. The third-order valence-electron chi connectivity index (χ3n) is 4.98. The summed E-state index contributed by atoms with van der Waals surface area (Å²) in [6, 6.07) is 12.2. The number of amides is 1. The number of carbonyl (C=O) groups is 1. The number of carbonyl (C=O) groups excluding carboxylic acids is 1. The lowest BCUT2D eigenvalue weighted by molar-refractivity contribution is -0.115. The Morgan fingerprint density at radius 2 is 2.00 bits per heavy atom. The molecule has 1 aromatic heterocycles. The molecule has 0 radical (unpaired) electrons. The van der Waals surface area contributed by atoms with E-state index in [1.165, 1.54) is 0 Å². The van der Waals surface area contributed by atoms with Crippen molar-refractivity contribution >= 4 is 11.6 Å². The number of benzene rings is 2. The fourth-order valence-corrected chi connectivity index (χ4v) is 3.43. The molecule has 2 aliphatic rings. The van der Waals surface area contributed by atoms with Gasteiger partial charge < -0.3 is 9.84 Å². The second-order valence-electron chi connectivity index (χ2n) is 6.81. The lowest BCUT2D eigenvalue weighted by Crippen LogP contribution is -2.03. The summed E-state index contributed by atoms with van der Waals surface area (Å²) in [6.07, 6.45) is 2.72. The van der Waals surface area contributed by atoms with Crippen molar-refractivity contribution < 1.29 is 9.32 Å². The maximum absolute atomic E-state index is 11.6. The van der Waals surface area contributed by atoms with E-state index in [2.05, 4.69) is 34.5 Å². The zero-order valence-electron chi connectivity index (χ0n) is 13.9. The summed E-state index contributed by atoms with van der Waals surface area (Å²) in [5.74, 6) is 1.91. The molecule has 5 heteroatoms. The van der Waals surface area contributed by atoms with Gasteiger partial charge in [-0.05, 0) is 54.2 Å². The van der Waals surface area contributed by atoms with Gasteiger partial charge in [0.05, 0.1) is 6.42 Å². The van der Waals surface area contributed by atoms with Crippen LogP contribution in [0.3, 0.4) is 0 Å². The van der Waals surface area contributed by atoms with Gasteiger partial charge in [-0.15, -0.1) is 0 Å². The second kappa shape index (κ2) is 5.28. The van der Waals surface area contributed by atoms with Crippen molar-refractivity contribution in [1.29, 1.82) is 0 Å². The number of fused-ring (bicyclic) bond motifs is 1. The monoisotopic (exact) mass is 331 g/mol. The maximum Gasteiger partial charge on any atom is 0.230 e. The summed E-state index contributed by atoms with van der Waals surface area (Å²) in [7, 11) is 0. The highest BCUT2D eigenvalue weighted by Crippen LogP contribution is 2.40. The van der Waals surface area contributed by atoms with E-state index in [1.807, 2.05) is 24.3 Å². The highest BCUT2D eigenvalue weighted by Gasteiger charge is 2.30. The van der Waals surface area contributed by atoms with Gasteiger partial charge in [0.1, 0.15) is 0 Å². The van der Waals surface area contributed by atoms with Crippen molar-refractivity contribution in [2.45, 2.75) is 32.1 Å². The average Bonchev–Trinajstić information content (AvgIpc) is 3.22. The maximum atomic E-state index is 11.6. The van der Waals surface area contributed by atoms with E-state index in [4.69, 9.17) is 4.52 Å². The molecule has 0 bridgehead atoms. The van der Waals surface area contributed by atoms with Gasteiger partial charge in [0.2, 0.25) is 17.6 Å². The molecule has 0 atom stereocenters. The quantitative estimate of drug-likeness (QED) is 0.785. The molecule has 25 heavy (non-hydrogen) atoms. The molecule has 124 valence electrons. The number of hydrogen-bond acceptors (Lipinski definition) is 4. The van der Waals surface area contributed by atoms with Crippen LogP contribution in [0.1, 0.15) is 35.8 Å². The minimum atomic E-state index is 0.0528. The highest BCUT2D eigenvalue weighted by molar-refractivity contribution is 5.99. The van der Waals surface area contributed by atoms with Gasteiger partial charge in [0.15, 0.2) is 0 Å². The second-order valence-corrected chi connectivity index (χ2v) is 6.81. The van der Waals surface area contributed by atoms with Crippen LogP contribution in [0.25, 0.3) is 22.5 Å². The first kappa shape index (κ1) is 14.4. The fourth-order valence-electron chi connectivity index (χ4n) is 3.43. The lowest BCUT2D eigenvalue weighted by Gasteiger charge is -2.10. The number of aromatic nitrogens is 2. The van der Waals surface area contributed by atoms with Gasteiger partial charge >= 0.3 is 0 Å². The van der Waals surface area contributed by atoms with Crippen molar-refractivity contribution in [3.63, 3.8) is 0 Å². The standard InChI is InChI=1S/C20H17N3O2/c1-11-15(13-7-8-17-14(9-13)10-18(24)21-17)3-2-4-16(11)19-22-20(25-23-19)12-5-6-12/h2-4,7-9,12H,5-6,10H2,1H3,(H,21,24). The molecular weight excluding hydrogens is 314 g/mol. The molecule has 3 aromatic rings. The molecule has 2 heterocycles. The molecule has 1 aliphatic carbocycles. The van der Waals surface area contributed by atoms with E-state index in [-0.39, 0.29) is 5.91 Å². The Morgan fingerprint density at radius 1 is 1.16 bits per heavy atom. The van der Waals surface area contributed by atoms with E-state index in [0.717, 1.165) is 52.2 Å². The summed E-state index contributed by atoms with van der Waals surface area (Å²) < 4.78 is 5.41. The van der Waals surface area contributed by atoms with Gasteiger partial charge in [0, 0.05) is 17.2 Å². The normalized spacial score (nSPS) is 16.0. The van der Waals surface area contributed by atoms with Crippen molar-refractivity contribution in [3.8, 4) is 22.5 Å². The predicted octanol–water partition coefficient (Wildman–Crippen LogP) is 4.08. The number of nitrogens with zero attached hydrogens (tertiary/aromatic N) is 2. The predicted molar refractivity (Wildman–Crippen MR) is 94.2 cm³/mol. The van der Waals surface area contributed by atoms with Crippen LogP contribution in [0, 0.1) is 6.92 Å². The largest absolute Gasteiger partial charge is 0.339 e. The number of nitrogens with one attached hydrogen (secondary N) is 1. The van der Waals surface area contributed by atoms with Gasteiger partial charge in [0.25, 0.3) is 0 Å². The molecule has 1 aliphatic heterocycles. The van der Waals surface area contributed by atoms with Crippen LogP contribution in [0.5, 0.6) is 0 Å². The van der Waals surface area contributed by atoms with Crippen LogP contribution in [0.2, 0.25) is 0 Å². The Bertz CT molecular complexity index is 1000. The van der Waals surface area contributed by atoms with Crippen LogP contribution in [-0.4, -0.2) is 16.0 Å². The Kier molecular flexibility index (Phi) is 3.04. The summed E-state index contributed by atoms with van der Waals surface area (Å²) in [6.45, 7) is 2.08. The van der Waals surface area contributed by atoms with Crippen LogP contribution >= 0.6 is 0 Å². The Hall–Kier alpha value is -2.95. The van der Waals surface area contributed by atoms with Crippen molar-refractivity contribution in [2.24, 2.45) is 0 Å². The van der Waals surface area contributed by atoms with Gasteiger partial charge in [-0.25, -0.2) is 0 Å². The molecule has 2 aromatic carbocycles. The molecule has 5 rings (SSSR count). The Labute approximate surface area is 145 Å². The smallest absolute Gasteiger partial charge is 0.230 e. The molecule has 1 saturated carbocycles. The van der Waals surface area contributed by atoms with Crippen LogP contribution in [0.15, 0.2) is 40.9 Å². The van der Waals surface area contributed by atoms with Crippen LogP contribution < -0.4 is 5.32 Å². The first-order valence-electron chi connectivity index (χ1n) is 8.56. The highest BCUT2D eigenvalue weighted by atomic mass is 16.5. The molecule has 0 spiro atoms. The molecule has 1 fully saturated rings. The minimum absolute atomic E-state index is 0.0528. The summed E-state index contributed by atoms with van der Waals surface area (Å²) in [5.41, 5.74) is 6.28. The first-order chi connectivity index (χ1) is 12.2. The number of hydrogen-bond donors (Lipinski definition) is 1. The van der Waals surface area contributed by atoms with Crippen LogP contribution in [-0.2, 0) is 11.2 Å². The average molecular weight is 331 g/mol. The topological polar surface area (TPSA) is 68.0 Å². The van der Waals surface area contributed by atoms with Gasteiger partial charge in [-0.2, -0.15) is 4.98 Å².